The summed E-state index contributed by atoms with van der Waals surface area (Å²) >= 11 is 5.87. The molecular formula is C17H24ClNO3. The number of halogens is 1. The van der Waals surface area contributed by atoms with Gasteiger partial charge in [-0.15, -0.1) is 0 Å². The third-order valence-corrected chi connectivity index (χ3v) is 4.02. The van der Waals surface area contributed by atoms with Crippen molar-refractivity contribution in [2.45, 2.75) is 58.2 Å². The van der Waals surface area contributed by atoms with E-state index in [1.165, 1.54) is 6.42 Å². The fraction of sp³-hybridized carbons (Fsp3) is 0.588. The summed E-state index contributed by atoms with van der Waals surface area (Å²) in [5, 5.41) is 0.642. The number of amides is 1. The highest BCUT2D eigenvalue weighted by atomic mass is 35.5. The first-order valence-corrected chi connectivity index (χ1v) is 8.30. The minimum atomic E-state index is -0.552. The summed E-state index contributed by atoms with van der Waals surface area (Å²) in [5.74, 6) is 0.927. The van der Waals surface area contributed by atoms with Crippen LogP contribution in [0.3, 0.4) is 0 Å². The Morgan fingerprint density at radius 2 is 1.95 bits per heavy atom. The van der Waals surface area contributed by atoms with E-state index in [1.807, 2.05) is 0 Å². The smallest absolute Gasteiger partial charge is 0.284 e. The molecule has 4 nitrogen and oxygen atoms in total. The Morgan fingerprint density at radius 3 is 2.50 bits per heavy atom. The van der Waals surface area contributed by atoms with E-state index >= 15 is 0 Å². The molecule has 22 heavy (non-hydrogen) atoms. The van der Waals surface area contributed by atoms with Crippen LogP contribution in [-0.2, 0) is 9.63 Å². The number of hydrogen-bond acceptors (Lipinski definition) is 3. The molecule has 1 unspecified atom stereocenters. The summed E-state index contributed by atoms with van der Waals surface area (Å²) in [7, 11) is 0. The molecule has 1 aliphatic rings. The van der Waals surface area contributed by atoms with E-state index in [9.17, 15) is 4.79 Å². The maximum atomic E-state index is 12.3. The standard InChI is InChI=1S/C17H24ClNO3/c1-12(2)6-11-16(17(20)19-22-15-4-3-5-15)21-14-9-7-13(18)8-10-14/h7-10,12,15-16H,3-6,11H2,1-2H3,(H,19,20). The third-order valence-electron chi connectivity index (χ3n) is 3.77. The molecule has 5 heteroatoms. The van der Waals surface area contributed by atoms with Crippen LogP contribution in [0.25, 0.3) is 0 Å². The van der Waals surface area contributed by atoms with E-state index in [4.69, 9.17) is 21.2 Å². The van der Waals surface area contributed by atoms with Crippen LogP contribution in [0.15, 0.2) is 24.3 Å². The van der Waals surface area contributed by atoms with Crippen LogP contribution in [0.4, 0.5) is 0 Å². The van der Waals surface area contributed by atoms with E-state index in [0.29, 0.717) is 23.1 Å². The number of rotatable bonds is 8. The van der Waals surface area contributed by atoms with Gasteiger partial charge in [-0.3, -0.25) is 9.63 Å². The van der Waals surface area contributed by atoms with E-state index in [1.54, 1.807) is 24.3 Å². The summed E-state index contributed by atoms with van der Waals surface area (Å²) < 4.78 is 5.81. The van der Waals surface area contributed by atoms with Crippen molar-refractivity contribution in [3.63, 3.8) is 0 Å². The van der Waals surface area contributed by atoms with E-state index < -0.39 is 6.10 Å². The first-order chi connectivity index (χ1) is 10.5. The molecule has 1 aliphatic carbocycles. The van der Waals surface area contributed by atoms with Crippen molar-refractivity contribution in [1.82, 2.24) is 5.48 Å². The van der Waals surface area contributed by atoms with Crippen LogP contribution >= 0.6 is 11.6 Å². The Bertz CT molecular complexity index is 471. The Labute approximate surface area is 137 Å². The lowest BCUT2D eigenvalue weighted by molar-refractivity contribution is -0.150. The number of carbonyl (C=O) groups excluding carboxylic acids is 1. The molecule has 1 aromatic rings. The third kappa shape index (κ3) is 5.50. The van der Waals surface area contributed by atoms with Gasteiger partial charge in [0, 0.05) is 5.02 Å². The number of nitrogens with one attached hydrogen (secondary N) is 1. The fourth-order valence-electron chi connectivity index (χ4n) is 2.10. The lowest BCUT2D eigenvalue weighted by Gasteiger charge is -2.26. The van der Waals surface area contributed by atoms with Gasteiger partial charge in [-0.1, -0.05) is 25.4 Å². The monoisotopic (exact) mass is 325 g/mol. The lowest BCUT2D eigenvalue weighted by Crippen LogP contribution is -2.41. The number of benzene rings is 1. The minimum absolute atomic E-state index is 0.158. The Balaban J connectivity index is 1.91. The molecule has 122 valence electrons. The van der Waals surface area contributed by atoms with Gasteiger partial charge in [0.25, 0.3) is 5.91 Å². The highest BCUT2D eigenvalue weighted by molar-refractivity contribution is 6.30. The Morgan fingerprint density at radius 1 is 1.27 bits per heavy atom. The molecular weight excluding hydrogens is 302 g/mol. The van der Waals surface area contributed by atoms with Gasteiger partial charge >= 0.3 is 0 Å². The molecule has 1 N–H and O–H groups in total. The second kappa shape index (κ2) is 8.39. The summed E-state index contributed by atoms with van der Waals surface area (Å²) in [6, 6.07) is 7.04. The molecule has 0 spiro atoms. The van der Waals surface area contributed by atoms with Gasteiger partial charge in [-0.25, -0.2) is 5.48 Å². The van der Waals surface area contributed by atoms with E-state index in [2.05, 4.69) is 19.3 Å². The van der Waals surface area contributed by atoms with Crippen molar-refractivity contribution in [3.05, 3.63) is 29.3 Å². The zero-order valence-electron chi connectivity index (χ0n) is 13.2. The maximum absolute atomic E-state index is 12.3. The Kier molecular flexibility index (Phi) is 6.52. The number of hydroxylamine groups is 1. The largest absolute Gasteiger partial charge is 0.481 e. The SMILES string of the molecule is CC(C)CCC(Oc1ccc(Cl)cc1)C(=O)NOC1CCC1. The predicted molar refractivity (Wildman–Crippen MR) is 86.8 cm³/mol. The van der Waals surface area contributed by atoms with Crippen molar-refractivity contribution in [2.24, 2.45) is 5.92 Å². The average molecular weight is 326 g/mol. The maximum Gasteiger partial charge on any atom is 0.284 e. The van der Waals surface area contributed by atoms with Crippen LogP contribution < -0.4 is 10.2 Å². The van der Waals surface area contributed by atoms with Gasteiger partial charge in [-0.2, -0.15) is 0 Å². The first-order valence-electron chi connectivity index (χ1n) is 7.92. The quantitative estimate of drug-likeness (QED) is 0.731. The van der Waals surface area contributed by atoms with Gasteiger partial charge < -0.3 is 4.74 Å². The molecule has 1 amide bonds. The van der Waals surface area contributed by atoms with E-state index in [-0.39, 0.29) is 12.0 Å². The van der Waals surface area contributed by atoms with Crippen molar-refractivity contribution < 1.29 is 14.4 Å². The molecule has 0 heterocycles. The van der Waals surface area contributed by atoms with Gasteiger partial charge in [0.05, 0.1) is 6.10 Å². The summed E-state index contributed by atoms with van der Waals surface area (Å²) in [5.41, 5.74) is 2.55. The van der Waals surface area contributed by atoms with Crippen LogP contribution in [-0.4, -0.2) is 18.1 Å². The molecule has 0 aliphatic heterocycles. The van der Waals surface area contributed by atoms with Crippen LogP contribution in [0.5, 0.6) is 5.75 Å². The minimum Gasteiger partial charge on any atom is -0.481 e. The number of ether oxygens (including phenoxy) is 1. The van der Waals surface area contributed by atoms with E-state index in [0.717, 1.165) is 19.3 Å². The van der Waals surface area contributed by atoms with Gasteiger partial charge in [0.15, 0.2) is 6.10 Å². The molecule has 0 radical (unpaired) electrons. The normalized spacial score (nSPS) is 16.2. The van der Waals surface area contributed by atoms with Gasteiger partial charge in [-0.05, 0) is 62.3 Å². The highest BCUT2D eigenvalue weighted by Gasteiger charge is 2.24. The van der Waals surface area contributed by atoms with Crippen LogP contribution in [0, 0.1) is 5.92 Å². The fourth-order valence-corrected chi connectivity index (χ4v) is 2.23. The van der Waals surface area contributed by atoms with Gasteiger partial charge in [0.2, 0.25) is 0 Å². The Hall–Kier alpha value is -1.26. The molecule has 0 aromatic heterocycles. The van der Waals surface area contributed by atoms with Gasteiger partial charge in [0.1, 0.15) is 5.75 Å². The topological polar surface area (TPSA) is 47.6 Å². The van der Waals surface area contributed by atoms with Crippen molar-refractivity contribution in [2.75, 3.05) is 0 Å². The molecule has 2 rings (SSSR count). The van der Waals surface area contributed by atoms with Crippen LogP contribution in [0.2, 0.25) is 5.02 Å². The number of carbonyl (C=O) groups is 1. The van der Waals surface area contributed by atoms with Crippen molar-refractivity contribution in [1.29, 1.82) is 0 Å². The molecule has 1 aromatic carbocycles. The molecule has 1 atom stereocenters. The number of hydrogen-bond donors (Lipinski definition) is 1. The lowest BCUT2D eigenvalue weighted by atomic mass is 9.97. The second-order valence-corrected chi connectivity index (χ2v) is 6.61. The first kappa shape index (κ1) is 17.1. The second-order valence-electron chi connectivity index (χ2n) is 6.17. The zero-order valence-corrected chi connectivity index (χ0v) is 13.9. The predicted octanol–water partition coefficient (Wildman–Crippen LogP) is 4.12. The molecule has 1 fully saturated rings. The molecule has 1 saturated carbocycles. The zero-order chi connectivity index (χ0) is 15.9. The summed E-state index contributed by atoms with van der Waals surface area (Å²) in [6.07, 6.45) is 4.35. The molecule has 0 bridgehead atoms. The molecule has 0 saturated heterocycles. The van der Waals surface area contributed by atoms with Crippen LogP contribution in [0.1, 0.15) is 46.0 Å². The summed E-state index contributed by atoms with van der Waals surface area (Å²) in [6.45, 7) is 4.25. The highest BCUT2D eigenvalue weighted by Crippen LogP contribution is 2.22. The summed E-state index contributed by atoms with van der Waals surface area (Å²) in [4.78, 5) is 17.7. The average Bonchev–Trinajstić information content (AvgIpc) is 2.43. The van der Waals surface area contributed by atoms with Crippen molar-refractivity contribution >= 4 is 17.5 Å². The van der Waals surface area contributed by atoms with Crippen molar-refractivity contribution in [3.8, 4) is 5.75 Å².